The van der Waals surface area contributed by atoms with E-state index in [-0.39, 0.29) is 10.5 Å². The van der Waals surface area contributed by atoms with E-state index in [0.717, 1.165) is 12.1 Å². The molecule has 0 aromatic heterocycles. The molecule has 20 heavy (non-hydrogen) atoms. The van der Waals surface area contributed by atoms with Gasteiger partial charge in [0.05, 0.1) is 22.1 Å². The van der Waals surface area contributed by atoms with Gasteiger partial charge in [-0.1, -0.05) is 6.92 Å². The van der Waals surface area contributed by atoms with E-state index in [0.29, 0.717) is 6.07 Å². The second-order valence-corrected chi connectivity index (χ2v) is 6.77. The second-order valence-electron chi connectivity index (χ2n) is 4.77. The molecule has 1 aliphatic rings. The number of alkyl halides is 3. The molecule has 1 aromatic rings. The molecule has 2 rings (SSSR count). The van der Waals surface area contributed by atoms with E-state index in [1.54, 1.807) is 0 Å². The van der Waals surface area contributed by atoms with Gasteiger partial charge in [0.1, 0.15) is 0 Å². The highest BCUT2D eigenvalue weighted by molar-refractivity contribution is 7.91. The standard InChI is InChI=1S/C12H11F3O4S/c1-6(11(16)17)9-5-20(18,19)10-3-2-7(4-8(9)10)12(13,14)15/h2-4,6,9H,5H2,1H3,(H,16,17). The van der Waals surface area contributed by atoms with Crippen molar-refractivity contribution >= 4 is 15.8 Å². The van der Waals surface area contributed by atoms with Gasteiger partial charge >= 0.3 is 12.1 Å². The average molecular weight is 308 g/mol. The van der Waals surface area contributed by atoms with Crippen LogP contribution in [0.2, 0.25) is 0 Å². The lowest BCUT2D eigenvalue weighted by atomic mass is 9.88. The summed E-state index contributed by atoms with van der Waals surface area (Å²) in [6.07, 6.45) is -4.60. The molecular weight excluding hydrogens is 297 g/mol. The molecule has 0 saturated carbocycles. The largest absolute Gasteiger partial charge is 0.481 e. The second kappa shape index (κ2) is 4.47. The van der Waals surface area contributed by atoms with Crippen LogP contribution in [-0.2, 0) is 20.8 Å². The van der Waals surface area contributed by atoms with Gasteiger partial charge in [0.2, 0.25) is 0 Å². The first-order chi connectivity index (χ1) is 9.04. The van der Waals surface area contributed by atoms with E-state index in [4.69, 9.17) is 5.11 Å². The number of aliphatic carboxylic acids is 1. The smallest absolute Gasteiger partial charge is 0.416 e. The van der Waals surface area contributed by atoms with Gasteiger partial charge in [0, 0.05) is 5.92 Å². The topological polar surface area (TPSA) is 71.4 Å². The number of halogens is 3. The maximum atomic E-state index is 12.7. The van der Waals surface area contributed by atoms with E-state index >= 15 is 0 Å². The van der Waals surface area contributed by atoms with Crippen molar-refractivity contribution in [1.29, 1.82) is 0 Å². The van der Waals surface area contributed by atoms with Crippen LogP contribution >= 0.6 is 0 Å². The third kappa shape index (κ3) is 2.39. The molecule has 1 N–H and O–H groups in total. The lowest BCUT2D eigenvalue weighted by Gasteiger charge is -2.16. The Morgan fingerprint density at radius 2 is 2.00 bits per heavy atom. The van der Waals surface area contributed by atoms with E-state index < -0.39 is 45.1 Å². The highest BCUT2D eigenvalue weighted by Crippen LogP contribution is 2.42. The lowest BCUT2D eigenvalue weighted by molar-refractivity contribution is -0.141. The van der Waals surface area contributed by atoms with Crippen LogP contribution in [0.25, 0.3) is 0 Å². The van der Waals surface area contributed by atoms with Crippen molar-refractivity contribution in [2.45, 2.75) is 23.9 Å². The zero-order valence-electron chi connectivity index (χ0n) is 10.3. The molecule has 0 bridgehead atoms. The minimum atomic E-state index is -4.60. The fourth-order valence-corrected chi connectivity index (χ4v) is 4.26. The minimum absolute atomic E-state index is 0.0604. The number of carbonyl (C=O) groups is 1. The molecule has 0 amide bonds. The molecular formula is C12H11F3O4S. The number of benzene rings is 1. The molecule has 0 saturated heterocycles. The molecule has 0 radical (unpaired) electrons. The van der Waals surface area contributed by atoms with Crippen molar-refractivity contribution in [3.8, 4) is 0 Å². The van der Waals surface area contributed by atoms with Crippen LogP contribution in [0.4, 0.5) is 13.2 Å². The molecule has 0 fully saturated rings. The predicted octanol–water partition coefficient (Wildman–Crippen LogP) is 2.30. The average Bonchev–Trinajstić information content (AvgIpc) is 2.59. The maximum Gasteiger partial charge on any atom is 0.416 e. The number of sulfone groups is 1. The van der Waals surface area contributed by atoms with Gasteiger partial charge in [0.25, 0.3) is 0 Å². The SMILES string of the molecule is CC(C(=O)O)C1CS(=O)(=O)c2ccc(C(F)(F)F)cc21. The Hall–Kier alpha value is -1.57. The first-order valence-electron chi connectivity index (χ1n) is 5.71. The van der Waals surface area contributed by atoms with Gasteiger partial charge in [-0.3, -0.25) is 4.79 Å². The Morgan fingerprint density at radius 3 is 2.50 bits per heavy atom. The van der Waals surface area contributed by atoms with Crippen molar-refractivity contribution in [1.82, 2.24) is 0 Å². The highest BCUT2D eigenvalue weighted by atomic mass is 32.2. The Balaban J connectivity index is 2.60. The van der Waals surface area contributed by atoms with Crippen molar-refractivity contribution < 1.29 is 31.5 Å². The number of carboxylic acids is 1. The Kier molecular flexibility index (Phi) is 3.32. The summed E-state index contributed by atoms with van der Waals surface area (Å²) in [5.41, 5.74) is -1.04. The Bertz CT molecular complexity index is 664. The van der Waals surface area contributed by atoms with Crippen LogP contribution in [0.3, 0.4) is 0 Å². The Labute approximate surface area is 113 Å². The van der Waals surface area contributed by atoms with Crippen LogP contribution in [0, 0.1) is 5.92 Å². The van der Waals surface area contributed by atoms with E-state index in [1.807, 2.05) is 0 Å². The van der Waals surface area contributed by atoms with Gasteiger partial charge < -0.3 is 5.11 Å². The quantitative estimate of drug-likeness (QED) is 0.910. The number of rotatable bonds is 2. The summed E-state index contributed by atoms with van der Waals surface area (Å²) in [6.45, 7) is 1.29. The molecule has 8 heteroatoms. The lowest BCUT2D eigenvalue weighted by Crippen LogP contribution is -2.20. The number of hydrogen-bond donors (Lipinski definition) is 1. The molecule has 1 heterocycles. The molecule has 1 aromatic carbocycles. The third-order valence-corrected chi connectivity index (χ3v) is 5.30. The molecule has 0 spiro atoms. The maximum absolute atomic E-state index is 12.7. The minimum Gasteiger partial charge on any atom is -0.481 e. The van der Waals surface area contributed by atoms with Crippen LogP contribution in [0.5, 0.6) is 0 Å². The number of carboxylic acid groups (broad SMARTS) is 1. The molecule has 2 unspecified atom stereocenters. The van der Waals surface area contributed by atoms with E-state index in [2.05, 4.69) is 0 Å². The van der Waals surface area contributed by atoms with Gasteiger partial charge in [-0.05, 0) is 23.8 Å². The van der Waals surface area contributed by atoms with Crippen molar-refractivity contribution in [2.24, 2.45) is 5.92 Å². The van der Waals surface area contributed by atoms with Gasteiger partial charge in [-0.15, -0.1) is 0 Å². The molecule has 0 aliphatic carbocycles. The summed E-state index contributed by atoms with van der Waals surface area (Å²) in [5, 5.41) is 8.95. The molecule has 4 nitrogen and oxygen atoms in total. The van der Waals surface area contributed by atoms with Crippen LogP contribution in [0.1, 0.15) is 24.0 Å². The van der Waals surface area contributed by atoms with Crippen molar-refractivity contribution in [2.75, 3.05) is 5.75 Å². The van der Waals surface area contributed by atoms with Crippen molar-refractivity contribution in [3.05, 3.63) is 29.3 Å². The van der Waals surface area contributed by atoms with Crippen LogP contribution in [-0.4, -0.2) is 25.2 Å². The van der Waals surface area contributed by atoms with Crippen molar-refractivity contribution in [3.63, 3.8) is 0 Å². The molecule has 2 atom stereocenters. The van der Waals surface area contributed by atoms with Gasteiger partial charge in [0.15, 0.2) is 9.84 Å². The summed E-state index contributed by atoms with van der Waals surface area (Å²) in [7, 11) is -3.73. The number of hydrogen-bond acceptors (Lipinski definition) is 3. The summed E-state index contributed by atoms with van der Waals surface area (Å²) in [6, 6.07) is 2.34. The van der Waals surface area contributed by atoms with E-state index in [1.165, 1.54) is 6.92 Å². The molecule has 1 aliphatic heterocycles. The van der Waals surface area contributed by atoms with Gasteiger partial charge in [-0.2, -0.15) is 13.2 Å². The predicted molar refractivity (Wildman–Crippen MR) is 63.0 cm³/mol. The summed E-state index contributed by atoms with van der Waals surface area (Å²) in [4.78, 5) is 10.8. The first kappa shape index (κ1) is 14.8. The normalized spacial score (nSPS) is 22.3. The monoisotopic (exact) mass is 308 g/mol. The zero-order chi connectivity index (χ0) is 15.3. The van der Waals surface area contributed by atoms with E-state index in [9.17, 15) is 26.4 Å². The summed E-state index contributed by atoms with van der Waals surface area (Å²) < 4.78 is 61.8. The Morgan fingerprint density at radius 1 is 1.40 bits per heavy atom. The fourth-order valence-electron chi connectivity index (χ4n) is 2.30. The van der Waals surface area contributed by atoms with Gasteiger partial charge in [-0.25, -0.2) is 8.42 Å². The summed E-state index contributed by atoms with van der Waals surface area (Å²) in [5.74, 6) is -3.75. The zero-order valence-corrected chi connectivity index (χ0v) is 11.1. The summed E-state index contributed by atoms with van der Waals surface area (Å²) >= 11 is 0. The first-order valence-corrected chi connectivity index (χ1v) is 7.36. The van der Waals surface area contributed by atoms with Crippen LogP contribution < -0.4 is 0 Å². The third-order valence-electron chi connectivity index (χ3n) is 3.46. The number of fused-ring (bicyclic) bond motifs is 1. The fraction of sp³-hybridized carbons (Fsp3) is 0.417. The van der Waals surface area contributed by atoms with Crippen LogP contribution in [0.15, 0.2) is 23.1 Å². The highest BCUT2D eigenvalue weighted by Gasteiger charge is 2.42. The molecule has 110 valence electrons.